The van der Waals surface area contributed by atoms with Crippen LogP contribution in [-0.4, -0.2) is 16.8 Å². The van der Waals surface area contributed by atoms with Gasteiger partial charge in [-0.3, -0.25) is 4.68 Å². The zero-order chi connectivity index (χ0) is 14.1. The van der Waals surface area contributed by atoms with Crippen LogP contribution in [0.4, 0.5) is 0 Å². The molecule has 0 spiro atoms. The smallest absolute Gasteiger partial charge is 0.0596 e. The summed E-state index contributed by atoms with van der Waals surface area (Å²) in [5.41, 5.74) is 4.04. The zero-order valence-electron chi connectivity index (χ0n) is 12.6. The monoisotopic (exact) mass is 289 g/mol. The Morgan fingerprint density at radius 2 is 2.25 bits per heavy atom. The van der Waals surface area contributed by atoms with Gasteiger partial charge in [-0.2, -0.15) is 5.10 Å². The SMILES string of the molecule is CCn1nc(C)cc1CC(NC)c1cc2c(s1)CCC2. The molecular formula is C16H23N3S. The molecule has 108 valence electrons. The molecule has 1 unspecified atom stereocenters. The molecule has 1 atom stereocenters. The average Bonchev–Trinajstić information content (AvgIpc) is 3.09. The van der Waals surface area contributed by atoms with Gasteiger partial charge in [0.05, 0.1) is 5.69 Å². The van der Waals surface area contributed by atoms with Gasteiger partial charge in [-0.1, -0.05) is 0 Å². The molecule has 0 saturated carbocycles. The fourth-order valence-electron chi connectivity index (χ4n) is 3.12. The van der Waals surface area contributed by atoms with Crippen LogP contribution in [0, 0.1) is 6.92 Å². The van der Waals surface area contributed by atoms with Crippen molar-refractivity contribution in [3.8, 4) is 0 Å². The van der Waals surface area contributed by atoms with Crippen LogP contribution < -0.4 is 5.32 Å². The van der Waals surface area contributed by atoms with E-state index in [1.54, 1.807) is 10.4 Å². The Hall–Kier alpha value is -1.13. The molecule has 0 radical (unpaired) electrons. The van der Waals surface area contributed by atoms with Gasteiger partial charge in [-0.25, -0.2) is 0 Å². The van der Waals surface area contributed by atoms with Gasteiger partial charge in [0.15, 0.2) is 0 Å². The molecule has 0 aromatic carbocycles. The van der Waals surface area contributed by atoms with Crippen LogP contribution in [0.5, 0.6) is 0 Å². The molecule has 0 amide bonds. The summed E-state index contributed by atoms with van der Waals surface area (Å²) in [5, 5.41) is 8.04. The van der Waals surface area contributed by atoms with Crippen LogP contribution in [0.15, 0.2) is 12.1 Å². The molecule has 2 aromatic heterocycles. The third-order valence-electron chi connectivity index (χ3n) is 4.16. The highest BCUT2D eigenvalue weighted by Crippen LogP contribution is 2.34. The molecule has 0 aliphatic heterocycles. The lowest BCUT2D eigenvalue weighted by Crippen LogP contribution is -2.19. The molecule has 4 heteroatoms. The summed E-state index contributed by atoms with van der Waals surface area (Å²) < 4.78 is 2.13. The van der Waals surface area contributed by atoms with Crippen molar-refractivity contribution in [2.45, 2.75) is 52.1 Å². The second-order valence-electron chi connectivity index (χ2n) is 5.59. The fourth-order valence-corrected chi connectivity index (χ4v) is 4.48. The molecule has 1 aliphatic rings. The lowest BCUT2D eigenvalue weighted by molar-refractivity contribution is 0.546. The Morgan fingerprint density at radius 1 is 1.40 bits per heavy atom. The molecular weight excluding hydrogens is 266 g/mol. The van der Waals surface area contributed by atoms with Crippen LogP contribution in [0.1, 0.15) is 46.1 Å². The summed E-state index contributed by atoms with van der Waals surface area (Å²) in [5.74, 6) is 0. The highest BCUT2D eigenvalue weighted by molar-refractivity contribution is 7.12. The summed E-state index contributed by atoms with van der Waals surface area (Å²) in [6, 6.07) is 5.05. The van der Waals surface area contributed by atoms with E-state index in [0.717, 1.165) is 18.7 Å². The third kappa shape index (κ3) is 2.54. The van der Waals surface area contributed by atoms with Crippen molar-refractivity contribution in [3.63, 3.8) is 0 Å². The maximum Gasteiger partial charge on any atom is 0.0596 e. The van der Waals surface area contributed by atoms with E-state index < -0.39 is 0 Å². The number of thiophene rings is 1. The molecule has 20 heavy (non-hydrogen) atoms. The summed E-state index contributed by atoms with van der Waals surface area (Å²) in [6.07, 6.45) is 4.91. The Labute approximate surface area is 125 Å². The number of aromatic nitrogens is 2. The first kappa shape index (κ1) is 13.8. The summed E-state index contributed by atoms with van der Waals surface area (Å²) in [7, 11) is 2.06. The normalized spacial score (nSPS) is 15.6. The average molecular weight is 289 g/mol. The number of nitrogens with zero attached hydrogens (tertiary/aromatic N) is 2. The van der Waals surface area contributed by atoms with Gasteiger partial charge in [0.25, 0.3) is 0 Å². The minimum atomic E-state index is 0.409. The fraction of sp³-hybridized carbons (Fsp3) is 0.562. The number of hydrogen-bond acceptors (Lipinski definition) is 3. The predicted molar refractivity (Wildman–Crippen MR) is 84.5 cm³/mol. The molecule has 1 aliphatic carbocycles. The lowest BCUT2D eigenvalue weighted by atomic mass is 10.1. The first-order chi connectivity index (χ1) is 9.71. The van der Waals surface area contributed by atoms with Crippen LogP contribution in [0.3, 0.4) is 0 Å². The standard InChI is InChI=1S/C16H23N3S/c1-4-19-13(8-11(2)18-19)10-14(17-3)16-9-12-6-5-7-15(12)20-16/h8-9,14,17H,4-7,10H2,1-3H3. The maximum absolute atomic E-state index is 4.55. The molecule has 3 rings (SSSR count). The van der Waals surface area contributed by atoms with Crippen molar-refractivity contribution in [2.75, 3.05) is 7.05 Å². The predicted octanol–water partition coefficient (Wildman–Crippen LogP) is 3.26. The van der Waals surface area contributed by atoms with Crippen LogP contribution >= 0.6 is 11.3 Å². The number of aryl methyl sites for hydroxylation is 4. The van der Waals surface area contributed by atoms with Crippen molar-refractivity contribution in [1.82, 2.24) is 15.1 Å². The van der Waals surface area contributed by atoms with Crippen molar-refractivity contribution < 1.29 is 0 Å². The zero-order valence-corrected chi connectivity index (χ0v) is 13.4. The van der Waals surface area contributed by atoms with E-state index in [1.165, 1.54) is 29.8 Å². The van der Waals surface area contributed by atoms with Crippen LogP contribution in [0.25, 0.3) is 0 Å². The Bertz CT molecular complexity index is 575. The third-order valence-corrected chi connectivity index (χ3v) is 5.51. The second kappa shape index (κ2) is 5.70. The van der Waals surface area contributed by atoms with Gasteiger partial charge in [0.1, 0.15) is 0 Å². The number of hydrogen-bond donors (Lipinski definition) is 1. The van der Waals surface area contributed by atoms with Gasteiger partial charge >= 0.3 is 0 Å². The van der Waals surface area contributed by atoms with Crippen molar-refractivity contribution in [3.05, 3.63) is 38.8 Å². The van der Waals surface area contributed by atoms with Gasteiger partial charge in [-0.15, -0.1) is 11.3 Å². The van der Waals surface area contributed by atoms with Crippen LogP contribution in [-0.2, 0) is 25.8 Å². The minimum absolute atomic E-state index is 0.409. The topological polar surface area (TPSA) is 29.9 Å². The van der Waals surface area contributed by atoms with Crippen LogP contribution in [0.2, 0.25) is 0 Å². The van der Waals surface area contributed by atoms with Crippen molar-refractivity contribution in [1.29, 1.82) is 0 Å². The van der Waals surface area contributed by atoms with E-state index in [-0.39, 0.29) is 0 Å². The first-order valence-corrected chi connectivity index (χ1v) is 8.35. The molecule has 2 aromatic rings. The second-order valence-corrected chi connectivity index (χ2v) is 6.76. The number of nitrogens with one attached hydrogen (secondary N) is 1. The number of fused-ring (bicyclic) bond motifs is 1. The molecule has 0 fully saturated rings. The van der Waals surface area contributed by atoms with Gasteiger partial charge in [0, 0.05) is 34.5 Å². The molecule has 3 nitrogen and oxygen atoms in total. The van der Waals surface area contributed by atoms with E-state index in [1.807, 2.05) is 11.3 Å². The summed E-state index contributed by atoms with van der Waals surface area (Å²) >= 11 is 2.00. The number of likely N-dealkylation sites (N-methyl/N-ethyl adjacent to an activating group) is 1. The van der Waals surface area contributed by atoms with Gasteiger partial charge in [0.2, 0.25) is 0 Å². The number of rotatable bonds is 5. The first-order valence-electron chi connectivity index (χ1n) is 7.53. The molecule has 0 saturated heterocycles. The molecule has 0 bridgehead atoms. The lowest BCUT2D eigenvalue weighted by Gasteiger charge is -2.15. The quantitative estimate of drug-likeness (QED) is 0.915. The summed E-state index contributed by atoms with van der Waals surface area (Å²) in [6.45, 7) is 5.17. The molecule has 1 N–H and O–H groups in total. The van der Waals surface area contributed by atoms with E-state index >= 15 is 0 Å². The van der Waals surface area contributed by atoms with E-state index in [4.69, 9.17) is 0 Å². The van der Waals surface area contributed by atoms with E-state index in [9.17, 15) is 0 Å². The Balaban J connectivity index is 1.82. The van der Waals surface area contributed by atoms with E-state index in [0.29, 0.717) is 6.04 Å². The maximum atomic E-state index is 4.55. The van der Waals surface area contributed by atoms with Gasteiger partial charge < -0.3 is 5.32 Å². The highest BCUT2D eigenvalue weighted by Gasteiger charge is 2.20. The van der Waals surface area contributed by atoms with E-state index in [2.05, 4.69) is 48.1 Å². The Morgan fingerprint density at radius 3 is 2.95 bits per heavy atom. The Kier molecular flexibility index (Phi) is 3.94. The van der Waals surface area contributed by atoms with Crippen molar-refractivity contribution in [2.24, 2.45) is 0 Å². The minimum Gasteiger partial charge on any atom is -0.312 e. The van der Waals surface area contributed by atoms with Gasteiger partial charge in [-0.05, 0) is 57.9 Å². The van der Waals surface area contributed by atoms with Crippen molar-refractivity contribution >= 4 is 11.3 Å². The highest BCUT2D eigenvalue weighted by atomic mass is 32.1. The summed E-state index contributed by atoms with van der Waals surface area (Å²) in [4.78, 5) is 3.10. The molecule has 2 heterocycles. The largest absolute Gasteiger partial charge is 0.312 e.